The number of rotatable bonds is 6. The molecule has 0 saturated heterocycles. The second-order valence-electron chi connectivity index (χ2n) is 4.50. The molecule has 122 valence electrons. The summed E-state index contributed by atoms with van der Waals surface area (Å²) in [5.74, 6) is 0.337. The Morgan fingerprint density at radius 2 is 1.96 bits per heavy atom. The van der Waals surface area contributed by atoms with E-state index in [2.05, 4.69) is 15.5 Å². The maximum atomic E-state index is 12.0. The summed E-state index contributed by atoms with van der Waals surface area (Å²) in [5, 5.41) is 21.5. The predicted molar refractivity (Wildman–Crippen MR) is 94.8 cm³/mol. The number of hydrogen-bond donors (Lipinski definition) is 1. The molecule has 0 aliphatic heterocycles. The smallest absolute Gasteiger partial charge is 0.296 e. The molecule has 2 heterocycles. The van der Waals surface area contributed by atoms with E-state index in [1.54, 1.807) is 0 Å². The molecule has 0 bridgehead atoms. The Kier molecular flexibility index (Phi) is 5.18. The number of aromatic nitrogens is 2. The minimum absolute atomic E-state index is 0.0727. The quantitative estimate of drug-likeness (QED) is 0.301. The van der Waals surface area contributed by atoms with Gasteiger partial charge in [-0.15, -0.1) is 10.2 Å². The molecule has 0 atom stereocenters. The Morgan fingerprint density at radius 1 is 1.17 bits per heavy atom. The van der Waals surface area contributed by atoms with Crippen molar-refractivity contribution in [2.75, 3.05) is 5.32 Å². The first-order chi connectivity index (χ1) is 11.6. The van der Waals surface area contributed by atoms with E-state index >= 15 is 0 Å². The van der Waals surface area contributed by atoms with Gasteiger partial charge in [-0.3, -0.25) is 20.2 Å². The van der Waals surface area contributed by atoms with Gasteiger partial charge in [-0.1, -0.05) is 64.8 Å². The van der Waals surface area contributed by atoms with Crippen molar-refractivity contribution in [3.05, 3.63) is 63.0 Å². The van der Waals surface area contributed by atoms with Gasteiger partial charge >= 0.3 is 5.00 Å². The number of thiophene rings is 1. The molecule has 1 amide bonds. The van der Waals surface area contributed by atoms with Crippen LogP contribution >= 0.6 is 34.4 Å². The van der Waals surface area contributed by atoms with Crippen LogP contribution in [0.3, 0.4) is 0 Å². The number of carbonyl (C=O) groups excluding carboxylic acids is 1. The first-order valence-corrected chi connectivity index (χ1v) is 9.29. The lowest BCUT2D eigenvalue weighted by Crippen LogP contribution is -2.09. The maximum absolute atomic E-state index is 12.0. The first-order valence-electron chi connectivity index (χ1n) is 6.67. The number of benzene rings is 1. The van der Waals surface area contributed by atoms with E-state index in [9.17, 15) is 14.9 Å². The molecule has 3 rings (SSSR count). The molecule has 0 aliphatic carbocycles. The molecule has 0 fully saturated rings. The molecule has 3 aromatic rings. The third kappa shape index (κ3) is 4.16. The zero-order chi connectivity index (χ0) is 16.9. The summed E-state index contributed by atoms with van der Waals surface area (Å²) in [7, 11) is 0. The highest BCUT2D eigenvalue weighted by atomic mass is 32.2. The van der Waals surface area contributed by atoms with Crippen molar-refractivity contribution in [2.45, 2.75) is 10.1 Å². The van der Waals surface area contributed by atoms with Gasteiger partial charge in [-0.05, 0) is 11.6 Å². The number of nitrogens with zero attached hydrogens (tertiary/aromatic N) is 3. The molecule has 0 spiro atoms. The molecule has 10 heteroatoms. The van der Waals surface area contributed by atoms with E-state index in [1.807, 2.05) is 30.3 Å². The monoisotopic (exact) mass is 378 g/mol. The van der Waals surface area contributed by atoms with E-state index in [4.69, 9.17) is 0 Å². The summed E-state index contributed by atoms with van der Waals surface area (Å²) in [6.45, 7) is 0. The summed E-state index contributed by atoms with van der Waals surface area (Å²) in [4.78, 5) is 22.4. The molecule has 2 aromatic heterocycles. The molecule has 0 unspecified atom stereocenters. The van der Waals surface area contributed by atoms with Gasteiger partial charge in [0.1, 0.15) is 0 Å². The van der Waals surface area contributed by atoms with Crippen LogP contribution in [0.1, 0.15) is 15.2 Å². The number of thioether (sulfide) groups is 1. The number of hydrogen-bond acceptors (Lipinski definition) is 8. The van der Waals surface area contributed by atoms with Gasteiger partial charge in [0.15, 0.2) is 4.34 Å². The fraction of sp³-hybridized carbons (Fsp3) is 0.0714. The van der Waals surface area contributed by atoms with E-state index in [-0.39, 0.29) is 9.88 Å². The highest BCUT2D eigenvalue weighted by molar-refractivity contribution is 8.00. The lowest BCUT2D eigenvalue weighted by atomic mass is 10.2. The second-order valence-corrected chi connectivity index (χ2v) is 7.76. The third-order valence-corrected chi connectivity index (χ3v) is 5.91. The van der Waals surface area contributed by atoms with Crippen molar-refractivity contribution in [2.24, 2.45) is 0 Å². The Morgan fingerprint density at radius 3 is 2.67 bits per heavy atom. The highest BCUT2D eigenvalue weighted by Crippen LogP contribution is 2.29. The molecule has 0 aliphatic rings. The van der Waals surface area contributed by atoms with Crippen molar-refractivity contribution in [1.29, 1.82) is 0 Å². The Hall–Kier alpha value is -2.30. The molecular weight excluding hydrogens is 368 g/mol. The van der Waals surface area contributed by atoms with E-state index in [0.29, 0.717) is 5.13 Å². The third-order valence-electron chi connectivity index (χ3n) is 2.83. The normalized spacial score (nSPS) is 10.5. The molecule has 1 N–H and O–H groups in total. The number of amides is 1. The van der Waals surface area contributed by atoms with Crippen molar-refractivity contribution in [3.8, 4) is 0 Å². The summed E-state index contributed by atoms with van der Waals surface area (Å²) in [5.41, 5.74) is 1.18. The number of nitro groups is 1. The zero-order valence-corrected chi connectivity index (χ0v) is 14.5. The van der Waals surface area contributed by atoms with Crippen molar-refractivity contribution in [3.63, 3.8) is 0 Å². The summed E-state index contributed by atoms with van der Waals surface area (Å²) >= 11 is 3.62. The van der Waals surface area contributed by atoms with Gasteiger partial charge in [0.05, 0.1) is 9.80 Å². The van der Waals surface area contributed by atoms with Crippen LogP contribution in [-0.2, 0) is 5.75 Å². The van der Waals surface area contributed by atoms with Crippen LogP contribution in [0.5, 0.6) is 0 Å². The van der Waals surface area contributed by atoms with Crippen molar-refractivity contribution < 1.29 is 9.72 Å². The Bertz CT molecular complexity index is 863. The predicted octanol–water partition coefficient (Wildman–Crippen LogP) is 4.05. The van der Waals surface area contributed by atoms with Crippen molar-refractivity contribution >= 4 is 50.5 Å². The van der Waals surface area contributed by atoms with Crippen LogP contribution in [0.25, 0.3) is 0 Å². The fourth-order valence-corrected chi connectivity index (χ4v) is 4.16. The van der Waals surface area contributed by atoms with E-state index < -0.39 is 10.8 Å². The Labute approximate surface area is 148 Å². The van der Waals surface area contributed by atoms with Gasteiger partial charge in [0.25, 0.3) is 5.91 Å². The zero-order valence-electron chi connectivity index (χ0n) is 12.0. The standard InChI is InChI=1S/C14H10N4O3S3/c19-12(10-6-7-11(23-10)18(20)21)15-13-16-17-14(24-13)22-8-9-4-2-1-3-5-9/h1-7H,8H2,(H,15,16,19). The first kappa shape index (κ1) is 16.6. The van der Waals surface area contributed by atoms with Crippen molar-refractivity contribution in [1.82, 2.24) is 10.2 Å². The van der Waals surface area contributed by atoms with Gasteiger partial charge in [0, 0.05) is 11.8 Å². The topological polar surface area (TPSA) is 98.0 Å². The minimum Gasteiger partial charge on any atom is -0.296 e. The van der Waals surface area contributed by atoms with Crippen LogP contribution in [-0.4, -0.2) is 21.0 Å². The van der Waals surface area contributed by atoms with Crippen LogP contribution in [0, 0.1) is 10.1 Å². The van der Waals surface area contributed by atoms with Gasteiger partial charge in [-0.25, -0.2) is 0 Å². The SMILES string of the molecule is O=C(Nc1nnc(SCc2ccccc2)s1)c1ccc([N+](=O)[O-])s1. The van der Waals surface area contributed by atoms with Crippen LogP contribution in [0.4, 0.5) is 10.1 Å². The molecule has 7 nitrogen and oxygen atoms in total. The lowest BCUT2D eigenvalue weighted by molar-refractivity contribution is -0.380. The number of anilines is 1. The van der Waals surface area contributed by atoms with Crippen LogP contribution < -0.4 is 5.32 Å². The average molecular weight is 378 g/mol. The highest BCUT2D eigenvalue weighted by Gasteiger charge is 2.17. The number of nitrogens with one attached hydrogen (secondary N) is 1. The largest absolute Gasteiger partial charge is 0.324 e. The van der Waals surface area contributed by atoms with Crippen LogP contribution in [0.15, 0.2) is 46.8 Å². The number of carbonyl (C=O) groups is 1. The Balaban J connectivity index is 1.59. The average Bonchev–Trinajstić information content (AvgIpc) is 3.23. The summed E-state index contributed by atoms with van der Waals surface area (Å²) in [6, 6.07) is 12.7. The fourth-order valence-electron chi connectivity index (χ4n) is 1.74. The second kappa shape index (κ2) is 7.51. The summed E-state index contributed by atoms with van der Waals surface area (Å²) in [6.07, 6.45) is 0. The van der Waals surface area contributed by atoms with Gasteiger partial charge in [0.2, 0.25) is 5.13 Å². The molecule has 0 radical (unpaired) electrons. The molecular formula is C14H10N4O3S3. The van der Waals surface area contributed by atoms with E-state index in [1.165, 1.54) is 40.8 Å². The molecule has 24 heavy (non-hydrogen) atoms. The van der Waals surface area contributed by atoms with E-state index in [0.717, 1.165) is 21.4 Å². The maximum Gasteiger partial charge on any atom is 0.324 e. The van der Waals surface area contributed by atoms with Crippen LogP contribution in [0.2, 0.25) is 0 Å². The van der Waals surface area contributed by atoms with Gasteiger partial charge in [-0.2, -0.15) is 0 Å². The molecule has 0 saturated carbocycles. The van der Waals surface area contributed by atoms with Gasteiger partial charge < -0.3 is 0 Å². The summed E-state index contributed by atoms with van der Waals surface area (Å²) < 4.78 is 0.742. The molecule has 1 aromatic carbocycles. The minimum atomic E-state index is -0.523. The lowest BCUT2D eigenvalue weighted by Gasteiger charge is -1.97.